The molecule has 0 unspecified atom stereocenters. The summed E-state index contributed by atoms with van der Waals surface area (Å²) >= 11 is 0. The highest BCUT2D eigenvalue weighted by atomic mass is 35.5. The van der Waals surface area contributed by atoms with Gasteiger partial charge in [-0.1, -0.05) is 0 Å². The fourth-order valence-electron chi connectivity index (χ4n) is 2.17. The first kappa shape index (κ1) is 15.0. The monoisotopic (exact) mass is 273 g/mol. The predicted molar refractivity (Wildman–Crippen MR) is 71.2 cm³/mol. The highest BCUT2D eigenvalue weighted by Crippen LogP contribution is 2.22. The van der Waals surface area contributed by atoms with Crippen molar-refractivity contribution in [2.45, 2.75) is 39.8 Å². The molecule has 1 aliphatic rings. The minimum absolute atomic E-state index is 0. The van der Waals surface area contributed by atoms with Gasteiger partial charge in [0, 0.05) is 36.8 Å². The number of ether oxygens (including phenoxy) is 1. The molecule has 102 valence electrons. The van der Waals surface area contributed by atoms with Crippen molar-refractivity contribution in [1.29, 1.82) is 0 Å². The van der Waals surface area contributed by atoms with Crippen LogP contribution in [0, 0.1) is 0 Å². The zero-order valence-corrected chi connectivity index (χ0v) is 11.8. The Balaban J connectivity index is 0.00000162. The maximum absolute atomic E-state index is 11.8. The summed E-state index contributed by atoms with van der Waals surface area (Å²) in [5, 5.41) is 7.68. The molecule has 0 aromatic carbocycles. The maximum atomic E-state index is 11.8. The van der Waals surface area contributed by atoms with Crippen LogP contribution >= 0.6 is 12.4 Å². The Morgan fingerprint density at radius 3 is 2.89 bits per heavy atom. The van der Waals surface area contributed by atoms with Crippen LogP contribution in [0.3, 0.4) is 0 Å². The summed E-state index contributed by atoms with van der Waals surface area (Å²) in [6, 6.07) is 0.269. The Morgan fingerprint density at radius 2 is 2.28 bits per heavy atom. The van der Waals surface area contributed by atoms with Gasteiger partial charge in [0.2, 0.25) is 0 Å². The molecule has 0 saturated carbocycles. The van der Waals surface area contributed by atoms with Crippen LogP contribution in [0.15, 0.2) is 0 Å². The summed E-state index contributed by atoms with van der Waals surface area (Å²) in [7, 11) is 0. The zero-order valence-electron chi connectivity index (χ0n) is 11.0. The fourth-order valence-corrected chi connectivity index (χ4v) is 2.17. The van der Waals surface area contributed by atoms with Gasteiger partial charge in [0.25, 0.3) is 0 Å². The van der Waals surface area contributed by atoms with E-state index in [1.165, 1.54) is 5.69 Å². The molecule has 0 fully saturated rings. The van der Waals surface area contributed by atoms with Crippen LogP contribution < -0.4 is 5.32 Å². The molecule has 1 aromatic rings. The van der Waals surface area contributed by atoms with Crippen LogP contribution in [0.1, 0.15) is 48.6 Å². The van der Waals surface area contributed by atoms with Crippen molar-refractivity contribution in [3.8, 4) is 0 Å². The second kappa shape index (κ2) is 6.20. The minimum Gasteiger partial charge on any atom is -0.461 e. The van der Waals surface area contributed by atoms with E-state index in [1.54, 1.807) is 0 Å². The average Bonchev–Trinajstić information content (AvgIpc) is 2.69. The number of fused-ring (bicyclic) bond motifs is 1. The van der Waals surface area contributed by atoms with Gasteiger partial charge in [-0.15, -0.1) is 12.4 Å². The number of carbonyl (C=O) groups is 1. The van der Waals surface area contributed by atoms with E-state index >= 15 is 0 Å². The number of nitrogens with one attached hydrogen (secondary N) is 1. The van der Waals surface area contributed by atoms with Gasteiger partial charge >= 0.3 is 5.97 Å². The molecule has 0 radical (unpaired) electrons. The first-order valence-corrected chi connectivity index (χ1v) is 6.13. The second-order valence-corrected chi connectivity index (χ2v) is 4.46. The van der Waals surface area contributed by atoms with E-state index in [0.29, 0.717) is 18.8 Å². The molecule has 0 bridgehead atoms. The predicted octanol–water partition coefficient (Wildman–Crippen LogP) is 1.71. The number of nitrogens with zero attached hydrogens (tertiary/aromatic N) is 2. The second-order valence-electron chi connectivity index (χ2n) is 4.46. The van der Waals surface area contributed by atoms with Crippen molar-refractivity contribution in [2.75, 3.05) is 13.2 Å². The zero-order chi connectivity index (χ0) is 12.4. The normalized spacial score (nSPS) is 14.0. The van der Waals surface area contributed by atoms with E-state index in [0.717, 1.165) is 18.5 Å². The topological polar surface area (TPSA) is 56.1 Å². The molecule has 6 heteroatoms. The third-order valence-corrected chi connectivity index (χ3v) is 2.92. The Morgan fingerprint density at radius 1 is 1.56 bits per heavy atom. The Kier molecular flexibility index (Phi) is 5.16. The van der Waals surface area contributed by atoms with Crippen LogP contribution in [0.4, 0.5) is 0 Å². The SMILES string of the molecule is CCOC(=O)c1nn(C(C)C)c2c1CNCC2.Cl. The van der Waals surface area contributed by atoms with Crippen molar-refractivity contribution in [1.82, 2.24) is 15.1 Å². The van der Waals surface area contributed by atoms with Crippen molar-refractivity contribution in [3.63, 3.8) is 0 Å². The molecule has 0 saturated heterocycles. The van der Waals surface area contributed by atoms with Crippen LogP contribution in [-0.2, 0) is 17.7 Å². The van der Waals surface area contributed by atoms with Crippen molar-refractivity contribution >= 4 is 18.4 Å². The van der Waals surface area contributed by atoms with Gasteiger partial charge in [-0.3, -0.25) is 4.68 Å². The molecule has 0 spiro atoms. The number of halogens is 1. The average molecular weight is 274 g/mol. The third-order valence-electron chi connectivity index (χ3n) is 2.92. The lowest BCUT2D eigenvalue weighted by molar-refractivity contribution is 0.0517. The molecule has 0 atom stereocenters. The molecule has 18 heavy (non-hydrogen) atoms. The van der Waals surface area contributed by atoms with Gasteiger partial charge in [0.1, 0.15) is 0 Å². The van der Waals surface area contributed by atoms with Gasteiger partial charge < -0.3 is 10.1 Å². The lowest BCUT2D eigenvalue weighted by Gasteiger charge is -2.17. The molecule has 5 nitrogen and oxygen atoms in total. The summed E-state index contributed by atoms with van der Waals surface area (Å²) < 4.78 is 6.99. The highest BCUT2D eigenvalue weighted by molar-refractivity contribution is 5.89. The molecule has 1 N–H and O–H groups in total. The molecule has 0 aliphatic carbocycles. The number of carbonyl (C=O) groups excluding carboxylic acids is 1. The molecular weight excluding hydrogens is 254 g/mol. The lowest BCUT2D eigenvalue weighted by Crippen LogP contribution is -2.26. The lowest BCUT2D eigenvalue weighted by atomic mass is 10.1. The van der Waals surface area contributed by atoms with E-state index in [4.69, 9.17) is 4.74 Å². The van der Waals surface area contributed by atoms with Crippen LogP contribution in [0.2, 0.25) is 0 Å². The van der Waals surface area contributed by atoms with E-state index in [2.05, 4.69) is 24.3 Å². The first-order valence-electron chi connectivity index (χ1n) is 6.13. The molecule has 2 heterocycles. The van der Waals surface area contributed by atoms with Crippen molar-refractivity contribution in [3.05, 3.63) is 17.0 Å². The van der Waals surface area contributed by atoms with Crippen LogP contribution in [-0.4, -0.2) is 28.9 Å². The van der Waals surface area contributed by atoms with Crippen molar-refractivity contribution in [2.24, 2.45) is 0 Å². The molecule has 0 amide bonds. The summed E-state index contributed by atoms with van der Waals surface area (Å²) in [5.41, 5.74) is 2.65. The number of hydrogen-bond acceptors (Lipinski definition) is 4. The Hall–Kier alpha value is -1.07. The quantitative estimate of drug-likeness (QED) is 0.852. The van der Waals surface area contributed by atoms with E-state index in [-0.39, 0.29) is 24.4 Å². The molecule has 2 rings (SSSR count). The summed E-state index contributed by atoms with van der Waals surface area (Å²) in [5.74, 6) is -0.313. The van der Waals surface area contributed by atoms with Gasteiger partial charge in [-0.2, -0.15) is 5.10 Å². The smallest absolute Gasteiger partial charge is 0.359 e. The number of esters is 1. The van der Waals surface area contributed by atoms with Crippen molar-refractivity contribution < 1.29 is 9.53 Å². The minimum atomic E-state index is -0.313. The highest BCUT2D eigenvalue weighted by Gasteiger charge is 2.26. The molecular formula is C12H20ClN3O2. The van der Waals surface area contributed by atoms with Crippen LogP contribution in [0.5, 0.6) is 0 Å². The van der Waals surface area contributed by atoms with E-state index < -0.39 is 0 Å². The number of hydrogen-bond donors (Lipinski definition) is 1. The number of rotatable bonds is 3. The Labute approximate surface area is 113 Å². The molecule has 1 aromatic heterocycles. The van der Waals surface area contributed by atoms with Gasteiger partial charge in [0.15, 0.2) is 5.69 Å². The Bertz CT molecular complexity index is 429. The largest absolute Gasteiger partial charge is 0.461 e. The van der Waals surface area contributed by atoms with Gasteiger partial charge in [0.05, 0.1) is 6.61 Å². The van der Waals surface area contributed by atoms with E-state index in [1.807, 2.05) is 11.6 Å². The fraction of sp³-hybridized carbons (Fsp3) is 0.667. The molecule has 1 aliphatic heterocycles. The first-order chi connectivity index (χ1) is 8.15. The maximum Gasteiger partial charge on any atom is 0.359 e. The standard InChI is InChI=1S/C12H19N3O2.ClH/c1-4-17-12(16)11-9-7-13-6-5-10(9)15(14-11)8(2)3;/h8,13H,4-7H2,1-3H3;1H. The van der Waals surface area contributed by atoms with E-state index in [9.17, 15) is 4.79 Å². The van der Waals surface area contributed by atoms with Gasteiger partial charge in [-0.05, 0) is 20.8 Å². The summed E-state index contributed by atoms with van der Waals surface area (Å²) in [6.45, 7) is 7.98. The van der Waals surface area contributed by atoms with Crippen LogP contribution in [0.25, 0.3) is 0 Å². The van der Waals surface area contributed by atoms with Gasteiger partial charge in [-0.25, -0.2) is 4.79 Å². The number of aromatic nitrogens is 2. The summed E-state index contributed by atoms with van der Waals surface area (Å²) in [6.07, 6.45) is 0.917. The summed E-state index contributed by atoms with van der Waals surface area (Å²) in [4.78, 5) is 11.8. The third kappa shape index (κ3) is 2.67.